The average molecular weight is 273 g/mol. The first-order valence-corrected chi connectivity index (χ1v) is 5.22. The Balaban J connectivity index is 2.53. The largest absolute Gasteiger partial charge is 0.409 e. The van der Waals surface area contributed by atoms with Crippen LogP contribution >= 0.6 is 15.9 Å². The van der Waals surface area contributed by atoms with Crippen molar-refractivity contribution in [3.05, 3.63) is 22.8 Å². The molecule has 5 nitrogen and oxygen atoms in total. The summed E-state index contributed by atoms with van der Waals surface area (Å²) in [5.41, 5.74) is 5.37. The van der Waals surface area contributed by atoms with E-state index in [9.17, 15) is 0 Å². The Morgan fingerprint density at radius 3 is 2.93 bits per heavy atom. The van der Waals surface area contributed by atoms with Gasteiger partial charge in [-0.3, -0.25) is 0 Å². The van der Waals surface area contributed by atoms with Gasteiger partial charge >= 0.3 is 0 Å². The van der Waals surface area contributed by atoms with Gasteiger partial charge in [-0.25, -0.2) is 4.98 Å². The highest BCUT2D eigenvalue weighted by molar-refractivity contribution is 9.10. The summed E-state index contributed by atoms with van der Waals surface area (Å²) in [6.07, 6.45) is 2.24. The number of halogens is 1. The first-order chi connectivity index (χ1) is 7.13. The number of hydrogen-bond acceptors (Lipinski definition) is 4. The van der Waals surface area contributed by atoms with Crippen LogP contribution in [0, 0.1) is 0 Å². The lowest BCUT2D eigenvalue weighted by atomic mass is 10.3. The maximum absolute atomic E-state index is 8.38. The Hall–Kier alpha value is -1.30. The first kappa shape index (κ1) is 11.8. The van der Waals surface area contributed by atoms with Gasteiger partial charge in [-0.1, -0.05) is 5.16 Å². The Kier molecular flexibility index (Phi) is 4.36. The quantitative estimate of drug-likeness (QED) is 0.376. The number of oxime groups is 1. The molecule has 0 saturated heterocycles. The van der Waals surface area contributed by atoms with Crippen LogP contribution in [-0.4, -0.2) is 29.6 Å². The van der Waals surface area contributed by atoms with Crippen LogP contribution in [-0.2, 0) is 0 Å². The van der Waals surface area contributed by atoms with Gasteiger partial charge in [-0.15, -0.1) is 0 Å². The van der Waals surface area contributed by atoms with Crippen LogP contribution in [0.15, 0.2) is 28.0 Å². The standard InChI is InChI=1S/C9H13BrN4O/c1-14(5-4-8(11)13-15)9-3-2-7(10)6-12-9/h2-3,6,15H,4-5H2,1H3,(H2,11,13). The molecule has 0 aromatic carbocycles. The smallest absolute Gasteiger partial charge is 0.140 e. The highest BCUT2D eigenvalue weighted by Crippen LogP contribution is 2.13. The van der Waals surface area contributed by atoms with E-state index in [0.717, 1.165) is 10.3 Å². The number of hydrogen-bond donors (Lipinski definition) is 2. The van der Waals surface area contributed by atoms with Crippen molar-refractivity contribution in [1.82, 2.24) is 4.98 Å². The third kappa shape index (κ3) is 3.75. The molecular formula is C9H13BrN4O. The van der Waals surface area contributed by atoms with E-state index in [0.29, 0.717) is 13.0 Å². The SMILES string of the molecule is CN(CC/C(N)=N/O)c1ccc(Br)cn1. The number of nitrogens with zero attached hydrogens (tertiary/aromatic N) is 3. The molecule has 15 heavy (non-hydrogen) atoms. The second kappa shape index (κ2) is 5.55. The summed E-state index contributed by atoms with van der Waals surface area (Å²) in [6, 6.07) is 3.82. The van der Waals surface area contributed by atoms with Gasteiger partial charge in [-0.2, -0.15) is 0 Å². The molecule has 0 amide bonds. The predicted molar refractivity (Wildman–Crippen MR) is 63.2 cm³/mol. The van der Waals surface area contributed by atoms with Crippen LogP contribution in [0.1, 0.15) is 6.42 Å². The summed E-state index contributed by atoms with van der Waals surface area (Å²) in [5.74, 6) is 1.07. The number of rotatable bonds is 4. The van der Waals surface area contributed by atoms with E-state index < -0.39 is 0 Å². The normalized spacial score (nSPS) is 11.5. The molecular weight excluding hydrogens is 260 g/mol. The van der Waals surface area contributed by atoms with Crippen molar-refractivity contribution in [3.63, 3.8) is 0 Å². The van der Waals surface area contributed by atoms with Crippen molar-refractivity contribution in [2.75, 3.05) is 18.5 Å². The lowest BCUT2D eigenvalue weighted by Gasteiger charge is -2.17. The van der Waals surface area contributed by atoms with Crippen LogP contribution in [0.4, 0.5) is 5.82 Å². The third-order valence-corrected chi connectivity index (χ3v) is 2.40. The Morgan fingerprint density at radius 2 is 2.40 bits per heavy atom. The molecule has 3 N–H and O–H groups in total. The van der Waals surface area contributed by atoms with Crippen LogP contribution in [0.2, 0.25) is 0 Å². The third-order valence-electron chi connectivity index (χ3n) is 1.93. The maximum atomic E-state index is 8.38. The van der Waals surface area contributed by atoms with E-state index in [4.69, 9.17) is 10.9 Å². The number of amidine groups is 1. The van der Waals surface area contributed by atoms with Gasteiger partial charge in [-0.05, 0) is 28.1 Å². The topological polar surface area (TPSA) is 74.7 Å². The van der Waals surface area contributed by atoms with Crippen LogP contribution in [0.3, 0.4) is 0 Å². The summed E-state index contributed by atoms with van der Waals surface area (Å²) in [5, 5.41) is 11.3. The molecule has 1 heterocycles. The van der Waals surface area contributed by atoms with Gasteiger partial charge < -0.3 is 15.8 Å². The Labute approximate surface area is 96.7 Å². The Bertz CT molecular complexity index is 338. The predicted octanol–water partition coefficient (Wildman–Crippen LogP) is 1.42. The number of anilines is 1. The zero-order valence-corrected chi connectivity index (χ0v) is 9.98. The molecule has 0 aliphatic carbocycles. The first-order valence-electron chi connectivity index (χ1n) is 4.42. The maximum Gasteiger partial charge on any atom is 0.140 e. The molecule has 6 heteroatoms. The summed E-state index contributed by atoms with van der Waals surface area (Å²) >= 11 is 3.31. The number of nitrogens with two attached hydrogens (primary N) is 1. The highest BCUT2D eigenvalue weighted by atomic mass is 79.9. The molecule has 1 aromatic rings. The van der Waals surface area contributed by atoms with Gasteiger partial charge in [0.2, 0.25) is 0 Å². The molecule has 0 radical (unpaired) electrons. The van der Waals surface area contributed by atoms with Crippen LogP contribution in [0.25, 0.3) is 0 Å². The molecule has 0 spiro atoms. The van der Waals surface area contributed by atoms with Gasteiger partial charge in [0.1, 0.15) is 11.7 Å². The zero-order chi connectivity index (χ0) is 11.3. The molecule has 0 unspecified atom stereocenters. The van der Waals surface area contributed by atoms with E-state index in [1.54, 1.807) is 6.20 Å². The highest BCUT2D eigenvalue weighted by Gasteiger charge is 2.03. The monoisotopic (exact) mass is 272 g/mol. The van der Waals surface area contributed by atoms with Gasteiger partial charge in [0.15, 0.2) is 0 Å². The molecule has 0 fully saturated rings. The molecule has 0 saturated carbocycles. The van der Waals surface area contributed by atoms with Gasteiger partial charge in [0.25, 0.3) is 0 Å². The zero-order valence-electron chi connectivity index (χ0n) is 8.39. The fourth-order valence-electron chi connectivity index (χ4n) is 1.04. The molecule has 1 aromatic heterocycles. The van der Waals surface area contributed by atoms with E-state index in [1.807, 2.05) is 24.1 Å². The summed E-state index contributed by atoms with van der Waals surface area (Å²) in [6.45, 7) is 0.657. The minimum Gasteiger partial charge on any atom is -0.409 e. The van der Waals surface area contributed by atoms with Crippen molar-refractivity contribution >= 4 is 27.6 Å². The lowest BCUT2D eigenvalue weighted by Crippen LogP contribution is -2.24. The summed E-state index contributed by atoms with van der Waals surface area (Å²) in [7, 11) is 1.90. The van der Waals surface area contributed by atoms with Gasteiger partial charge in [0.05, 0.1) is 0 Å². The fraction of sp³-hybridized carbons (Fsp3) is 0.333. The van der Waals surface area contributed by atoms with Crippen LogP contribution < -0.4 is 10.6 Å². The van der Waals surface area contributed by atoms with Crippen molar-refractivity contribution < 1.29 is 5.21 Å². The minimum atomic E-state index is 0.221. The fourth-order valence-corrected chi connectivity index (χ4v) is 1.28. The molecule has 1 rings (SSSR count). The van der Waals surface area contributed by atoms with E-state index in [1.165, 1.54) is 0 Å². The van der Waals surface area contributed by atoms with Crippen LogP contribution in [0.5, 0.6) is 0 Å². The molecule has 0 aliphatic rings. The molecule has 82 valence electrons. The van der Waals surface area contributed by atoms with Crippen molar-refractivity contribution in [2.45, 2.75) is 6.42 Å². The second-order valence-electron chi connectivity index (χ2n) is 3.10. The number of pyridine rings is 1. The summed E-state index contributed by atoms with van der Waals surface area (Å²) < 4.78 is 0.941. The van der Waals surface area contributed by atoms with Crippen molar-refractivity contribution in [2.24, 2.45) is 10.9 Å². The van der Waals surface area contributed by atoms with Gasteiger partial charge in [0, 0.05) is 30.7 Å². The van der Waals surface area contributed by atoms with E-state index >= 15 is 0 Å². The lowest BCUT2D eigenvalue weighted by molar-refractivity contribution is 0.317. The molecule has 0 aliphatic heterocycles. The minimum absolute atomic E-state index is 0.221. The number of aromatic nitrogens is 1. The average Bonchev–Trinajstić information content (AvgIpc) is 2.26. The van der Waals surface area contributed by atoms with E-state index in [2.05, 4.69) is 26.1 Å². The Morgan fingerprint density at radius 1 is 1.67 bits per heavy atom. The second-order valence-corrected chi connectivity index (χ2v) is 4.01. The molecule has 0 bridgehead atoms. The van der Waals surface area contributed by atoms with Crippen molar-refractivity contribution in [1.29, 1.82) is 0 Å². The van der Waals surface area contributed by atoms with E-state index in [-0.39, 0.29) is 5.84 Å². The molecule has 0 atom stereocenters. The summed E-state index contributed by atoms with van der Waals surface area (Å²) in [4.78, 5) is 6.15. The van der Waals surface area contributed by atoms with Crippen molar-refractivity contribution in [3.8, 4) is 0 Å².